The number of ether oxygens (including phenoxy) is 1. The monoisotopic (exact) mass is 288 g/mol. The van der Waals surface area contributed by atoms with Crippen molar-refractivity contribution in [3.05, 3.63) is 10.6 Å². The number of amides is 2. The summed E-state index contributed by atoms with van der Waals surface area (Å²) in [5.74, 6) is -2.38. The van der Waals surface area contributed by atoms with E-state index >= 15 is 0 Å². The lowest BCUT2D eigenvalue weighted by Crippen LogP contribution is -2.60. The Hall–Kier alpha value is -1.74. The molecule has 2 heterocycles. The van der Waals surface area contributed by atoms with Crippen LogP contribution in [0.15, 0.2) is 10.6 Å². The van der Waals surface area contributed by atoms with Crippen LogP contribution in [0.5, 0.6) is 0 Å². The third-order valence-corrected chi connectivity index (χ3v) is 4.26. The first-order valence-corrected chi connectivity index (χ1v) is 6.29. The lowest BCUT2D eigenvalue weighted by atomic mass is 9.92. The molecule has 19 heavy (non-hydrogen) atoms. The average Bonchev–Trinajstić information content (AvgIpc) is 2.60. The number of aliphatic hydroxyl groups excluding tert-OH is 1. The molecule has 2 aliphatic heterocycles. The maximum atomic E-state index is 11.8. The summed E-state index contributed by atoms with van der Waals surface area (Å²) >= 11 is 1.09. The van der Waals surface area contributed by atoms with E-state index in [-0.39, 0.29) is 17.2 Å². The Morgan fingerprint density at radius 3 is 2.68 bits per heavy atom. The number of nitrogens with zero attached hydrogens (tertiary/aromatic N) is 1. The standard InChI is InChI=1S/C10H12N2O6S/c1-3(13)5-7(14)12-6(9(15)16)4(19-8(5)12)2-18-10(11)17/h3,5,8,13H,2H2,1H3,(H2,11,17)(H,15,16)/t3-,5-,8-/m1/s1. The third kappa shape index (κ3) is 2.15. The fourth-order valence-electron chi connectivity index (χ4n) is 2.09. The van der Waals surface area contributed by atoms with Gasteiger partial charge in [-0.1, -0.05) is 11.8 Å². The van der Waals surface area contributed by atoms with Gasteiger partial charge in [0.25, 0.3) is 0 Å². The highest BCUT2D eigenvalue weighted by molar-refractivity contribution is 8.04. The number of primary amides is 1. The minimum Gasteiger partial charge on any atom is -0.477 e. The Morgan fingerprint density at radius 2 is 2.21 bits per heavy atom. The van der Waals surface area contributed by atoms with Crippen molar-refractivity contribution in [3.8, 4) is 0 Å². The molecule has 4 N–H and O–H groups in total. The summed E-state index contributed by atoms with van der Waals surface area (Å²) < 4.78 is 4.56. The van der Waals surface area contributed by atoms with E-state index in [0.717, 1.165) is 16.7 Å². The van der Waals surface area contributed by atoms with Crippen molar-refractivity contribution in [3.63, 3.8) is 0 Å². The van der Waals surface area contributed by atoms with E-state index in [1.165, 1.54) is 6.92 Å². The lowest BCUT2D eigenvalue weighted by Gasteiger charge is -2.43. The van der Waals surface area contributed by atoms with Crippen molar-refractivity contribution in [1.29, 1.82) is 0 Å². The number of aliphatic hydroxyl groups is 1. The Morgan fingerprint density at radius 1 is 1.58 bits per heavy atom. The molecule has 1 saturated heterocycles. The summed E-state index contributed by atoms with van der Waals surface area (Å²) in [6.45, 7) is 1.17. The van der Waals surface area contributed by atoms with Gasteiger partial charge in [-0.2, -0.15) is 0 Å². The van der Waals surface area contributed by atoms with Gasteiger partial charge in [0.2, 0.25) is 5.91 Å². The van der Waals surface area contributed by atoms with Crippen LogP contribution in [0, 0.1) is 5.92 Å². The van der Waals surface area contributed by atoms with Crippen LogP contribution in [0.3, 0.4) is 0 Å². The molecule has 1 fully saturated rings. The Bertz CT molecular complexity index is 488. The summed E-state index contributed by atoms with van der Waals surface area (Å²) in [5.41, 5.74) is 4.61. The van der Waals surface area contributed by atoms with Crippen LogP contribution < -0.4 is 5.73 Å². The largest absolute Gasteiger partial charge is 0.477 e. The number of carbonyl (C=O) groups is 3. The number of rotatable bonds is 4. The highest BCUT2D eigenvalue weighted by Crippen LogP contribution is 2.50. The van der Waals surface area contributed by atoms with Gasteiger partial charge < -0.3 is 20.7 Å². The van der Waals surface area contributed by atoms with Gasteiger partial charge in [-0.05, 0) is 6.92 Å². The molecule has 0 spiro atoms. The average molecular weight is 288 g/mol. The highest BCUT2D eigenvalue weighted by atomic mass is 32.2. The number of thioether (sulfide) groups is 1. The number of fused-ring (bicyclic) bond motifs is 1. The van der Waals surface area contributed by atoms with Gasteiger partial charge in [0.1, 0.15) is 17.7 Å². The molecule has 0 saturated carbocycles. The first-order chi connectivity index (χ1) is 8.84. The van der Waals surface area contributed by atoms with Crippen LogP contribution in [0.4, 0.5) is 4.79 Å². The molecule has 3 atom stereocenters. The maximum Gasteiger partial charge on any atom is 0.404 e. The van der Waals surface area contributed by atoms with Crippen LogP contribution in [0.1, 0.15) is 6.92 Å². The molecule has 0 aromatic rings. The topological polar surface area (TPSA) is 130 Å². The van der Waals surface area contributed by atoms with Gasteiger partial charge in [-0.15, -0.1) is 0 Å². The molecule has 104 valence electrons. The molecule has 2 aliphatic rings. The zero-order chi connectivity index (χ0) is 14.3. The van der Waals surface area contributed by atoms with Gasteiger partial charge in [0.15, 0.2) is 0 Å². The summed E-state index contributed by atoms with van der Waals surface area (Å²) in [6, 6.07) is 0. The number of hydrogen-bond acceptors (Lipinski definition) is 6. The second kappa shape index (κ2) is 4.74. The molecule has 0 bridgehead atoms. The molecule has 0 unspecified atom stereocenters. The first-order valence-electron chi connectivity index (χ1n) is 5.41. The van der Waals surface area contributed by atoms with Crippen molar-refractivity contribution in [1.82, 2.24) is 4.90 Å². The number of carboxylic acids is 1. The second-order valence-corrected chi connectivity index (χ2v) is 5.38. The molecule has 0 radical (unpaired) electrons. The molecule has 9 heteroatoms. The predicted octanol–water partition coefficient (Wildman–Crippen LogP) is -0.710. The highest BCUT2D eigenvalue weighted by Gasteiger charge is 2.57. The number of β-lactam (4-membered cyclic amide) rings is 1. The van der Waals surface area contributed by atoms with Gasteiger partial charge >= 0.3 is 12.1 Å². The van der Waals surface area contributed by atoms with Gasteiger partial charge in [0, 0.05) is 0 Å². The summed E-state index contributed by atoms with van der Waals surface area (Å²) in [6.07, 6.45) is -1.89. The van der Waals surface area contributed by atoms with Crippen molar-refractivity contribution < 1.29 is 29.3 Å². The van der Waals surface area contributed by atoms with Gasteiger partial charge in [-0.25, -0.2) is 9.59 Å². The second-order valence-electron chi connectivity index (χ2n) is 4.17. The van der Waals surface area contributed by atoms with E-state index in [4.69, 9.17) is 10.8 Å². The van der Waals surface area contributed by atoms with E-state index in [9.17, 15) is 19.5 Å². The number of carboxylic acid groups (broad SMARTS) is 1. The minimum atomic E-state index is -1.28. The van der Waals surface area contributed by atoms with Crippen molar-refractivity contribution >= 4 is 29.7 Å². The van der Waals surface area contributed by atoms with Gasteiger partial charge in [-0.3, -0.25) is 9.69 Å². The van der Waals surface area contributed by atoms with E-state index in [2.05, 4.69) is 4.74 Å². The molecular weight excluding hydrogens is 276 g/mol. The predicted molar refractivity (Wildman–Crippen MR) is 63.6 cm³/mol. The summed E-state index contributed by atoms with van der Waals surface area (Å²) in [7, 11) is 0. The normalized spacial score (nSPS) is 26.8. The number of aliphatic carboxylic acids is 1. The van der Waals surface area contributed by atoms with E-state index in [1.54, 1.807) is 0 Å². The molecule has 0 aromatic heterocycles. The van der Waals surface area contributed by atoms with Crippen LogP contribution in [-0.4, -0.2) is 51.2 Å². The zero-order valence-electron chi connectivity index (χ0n) is 9.90. The summed E-state index contributed by atoms with van der Waals surface area (Å²) in [5, 5.41) is 18.1. The fourth-order valence-corrected chi connectivity index (χ4v) is 3.61. The van der Waals surface area contributed by atoms with E-state index < -0.39 is 35.4 Å². The van der Waals surface area contributed by atoms with Crippen LogP contribution >= 0.6 is 11.8 Å². The third-order valence-electron chi connectivity index (χ3n) is 2.92. The SMILES string of the molecule is C[C@@H](O)[C@@H]1C(=O)N2C(C(=O)O)=C(COC(N)=O)S[C@H]12. The smallest absolute Gasteiger partial charge is 0.404 e. The summed E-state index contributed by atoms with van der Waals surface area (Å²) in [4.78, 5) is 34.9. The molecule has 0 aliphatic carbocycles. The molecule has 2 rings (SSSR count). The fraction of sp³-hybridized carbons (Fsp3) is 0.500. The molecule has 0 aromatic carbocycles. The van der Waals surface area contributed by atoms with Crippen molar-refractivity contribution in [2.24, 2.45) is 11.7 Å². The maximum absolute atomic E-state index is 11.8. The zero-order valence-corrected chi connectivity index (χ0v) is 10.7. The molecule has 8 nitrogen and oxygen atoms in total. The quantitative estimate of drug-likeness (QED) is 0.582. The molecular formula is C10H12N2O6S. The number of hydrogen-bond donors (Lipinski definition) is 3. The Balaban J connectivity index is 2.21. The Kier molecular flexibility index (Phi) is 3.42. The first kappa shape index (κ1) is 13.7. The van der Waals surface area contributed by atoms with Crippen molar-refractivity contribution in [2.45, 2.75) is 18.4 Å². The van der Waals surface area contributed by atoms with E-state index in [1.807, 2.05) is 0 Å². The number of nitrogens with two attached hydrogens (primary N) is 1. The lowest BCUT2D eigenvalue weighted by molar-refractivity contribution is -0.156. The van der Waals surface area contributed by atoms with Crippen LogP contribution in [-0.2, 0) is 14.3 Å². The van der Waals surface area contributed by atoms with Crippen molar-refractivity contribution in [2.75, 3.05) is 6.61 Å². The van der Waals surface area contributed by atoms with E-state index in [0.29, 0.717) is 0 Å². The van der Waals surface area contributed by atoms with Crippen LogP contribution in [0.25, 0.3) is 0 Å². The Labute approximate surface area is 112 Å². The number of carbonyl (C=O) groups excluding carboxylic acids is 2. The van der Waals surface area contributed by atoms with Gasteiger partial charge in [0.05, 0.1) is 16.9 Å². The molecule has 2 amide bonds. The minimum absolute atomic E-state index is 0.210. The van der Waals surface area contributed by atoms with Crippen LogP contribution in [0.2, 0.25) is 0 Å².